The average molecular weight is 450 g/mol. The third-order valence-corrected chi connectivity index (χ3v) is 8.04. The minimum atomic E-state index is -3.76. The Hall–Kier alpha value is -2.23. The van der Waals surface area contributed by atoms with Crippen LogP contribution in [0.1, 0.15) is 42.9 Å². The monoisotopic (exact) mass is 449 g/mol. The maximum Gasteiger partial charge on any atom is 0.244 e. The summed E-state index contributed by atoms with van der Waals surface area (Å²) in [7, 11) is -1.97. The Morgan fingerprint density at radius 3 is 2.70 bits per heavy atom. The Kier molecular flexibility index (Phi) is 5.69. The summed E-state index contributed by atoms with van der Waals surface area (Å²) in [5.74, 6) is 1.25. The van der Waals surface area contributed by atoms with Gasteiger partial charge >= 0.3 is 0 Å². The zero-order chi connectivity index (χ0) is 21.5. The fourth-order valence-electron chi connectivity index (χ4n) is 4.19. The number of nitrogens with zero attached hydrogens (tertiary/aromatic N) is 4. The lowest BCUT2D eigenvalue weighted by atomic mass is 10.1. The van der Waals surface area contributed by atoms with Gasteiger partial charge in [0.1, 0.15) is 10.7 Å². The molecule has 1 aromatic carbocycles. The maximum atomic E-state index is 13.2. The van der Waals surface area contributed by atoms with Gasteiger partial charge < -0.3 is 10.2 Å². The van der Waals surface area contributed by atoms with E-state index in [9.17, 15) is 13.2 Å². The molecular formula is C20H24ClN5O3S. The molecule has 1 N–H and O–H groups in total. The van der Waals surface area contributed by atoms with Crippen molar-refractivity contribution in [2.45, 2.75) is 43.7 Å². The highest BCUT2D eigenvalue weighted by molar-refractivity contribution is 7.89. The van der Waals surface area contributed by atoms with Crippen LogP contribution < -0.4 is 5.32 Å². The van der Waals surface area contributed by atoms with Crippen LogP contribution in [0.25, 0.3) is 0 Å². The summed E-state index contributed by atoms with van der Waals surface area (Å²) in [5.41, 5.74) is 1.58. The van der Waals surface area contributed by atoms with Crippen LogP contribution >= 0.6 is 11.6 Å². The SMILES string of the molecule is CNc1nc([C@@H]2CCCN2C(C)=O)nc2c1CCN(S(=O)(=O)c1ccccc1Cl)C2. The van der Waals surface area contributed by atoms with E-state index in [4.69, 9.17) is 16.6 Å². The normalized spacial score (nSPS) is 19.6. The fourth-order valence-corrected chi connectivity index (χ4v) is 6.09. The van der Waals surface area contributed by atoms with E-state index in [1.165, 1.54) is 10.4 Å². The zero-order valence-corrected chi connectivity index (χ0v) is 18.5. The van der Waals surface area contributed by atoms with Crippen molar-refractivity contribution in [3.05, 3.63) is 46.4 Å². The number of anilines is 1. The highest BCUT2D eigenvalue weighted by atomic mass is 35.5. The smallest absolute Gasteiger partial charge is 0.244 e. The molecule has 0 bridgehead atoms. The molecule has 0 aliphatic carbocycles. The summed E-state index contributed by atoms with van der Waals surface area (Å²) in [6, 6.07) is 6.26. The van der Waals surface area contributed by atoms with Crippen molar-refractivity contribution >= 4 is 33.3 Å². The second-order valence-electron chi connectivity index (χ2n) is 7.50. The number of hydrogen-bond acceptors (Lipinski definition) is 6. The Labute approximate surface area is 181 Å². The van der Waals surface area contributed by atoms with Gasteiger partial charge in [0.05, 0.1) is 23.3 Å². The minimum absolute atomic E-state index is 0.00671. The first kappa shape index (κ1) is 21.0. The van der Waals surface area contributed by atoms with E-state index in [0.29, 0.717) is 36.8 Å². The molecule has 0 radical (unpaired) electrons. The number of rotatable bonds is 4. The number of fused-ring (bicyclic) bond motifs is 1. The number of carbonyl (C=O) groups is 1. The Morgan fingerprint density at radius 2 is 2.00 bits per heavy atom. The number of hydrogen-bond donors (Lipinski definition) is 1. The van der Waals surface area contributed by atoms with Crippen LogP contribution in [0.3, 0.4) is 0 Å². The number of halogens is 1. The molecule has 2 aromatic rings. The third-order valence-electron chi connectivity index (χ3n) is 5.69. The van der Waals surface area contributed by atoms with Crippen LogP contribution in [-0.2, 0) is 27.8 Å². The van der Waals surface area contributed by atoms with E-state index >= 15 is 0 Å². The van der Waals surface area contributed by atoms with Crippen molar-refractivity contribution in [2.75, 3.05) is 25.5 Å². The quantitative estimate of drug-likeness (QED) is 0.770. The van der Waals surface area contributed by atoms with Crippen LogP contribution in [0.4, 0.5) is 5.82 Å². The number of aromatic nitrogens is 2. The fraction of sp³-hybridized carbons (Fsp3) is 0.450. The molecule has 4 rings (SSSR count). The number of carbonyl (C=O) groups excluding carboxylic acids is 1. The van der Waals surface area contributed by atoms with Gasteiger partial charge in [-0.25, -0.2) is 18.4 Å². The molecular weight excluding hydrogens is 426 g/mol. The predicted molar refractivity (Wildman–Crippen MR) is 114 cm³/mol. The van der Waals surface area contributed by atoms with E-state index in [-0.39, 0.29) is 28.4 Å². The van der Waals surface area contributed by atoms with Gasteiger partial charge in [0.25, 0.3) is 0 Å². The number of nitrogens with one attached hydrogen (secondary N) is 1. The molecule has 1 amide bonds. The Balaban J connectivity index is 1.71. The summed E-state index contributed by atoms with van der Waals surface area (Å²) in [6.07, 6.45) is 2.19. The van der Waals surface area contributed by atoms with Crippen LogP contribution in [0.2, 0.25) is 5.02 Å². The molecule has 0 spiro atoms. The van der Waals surface area contributed by atoms with Gasteiger partial charge in [0.2, 0.25) is 15.9 Å². The summed E-state index contributed by atoms with van der Waals surface area (Å²) < 4.78 is 27.8. The molecule has 10 heteroatoms. The van der Waals surface area contributed by atoms with Gasteiger partial charge in [-0.1, -0.05) is 23.7 Å². The largest absolute Gasteiger partial charge is 0.373 e. The molecule has 1 saturated heterocycles. The summed E-state index contributed by atoms with van der Waals surface area (Å²) in [5, 5.41) is 3.31. The van der Waals surface area contributed by atoms with Gasteiger partial charge in [0, 0.05) is 32.6 Å². The van der Waals surface area contributed by atoms with E-state index in [2.05, 4.69) is 10.3 Å². The number of benzene rings is 1. The molecule has 160 valence electrons. The van der Waals surface area contributed by atoms with Crippen LogP contribution in [0.5, 0.6) is 0 Å². The Morgan fingerprint density at radius 1 is 1.23 bits per heavy atom. The number of likely N-dealkylation sites (tertiary alicyclic amines) is 1. The van der Waals surface area contributed by atoms with Crippen molar-refractivity contribution in [1.82, 2.24) is 19.2 Å². The van der Waals surface area contributed by atoms with Gasteiger partial charge in [0.15, 0.2) is 5.82 Å². The Bertz CT molecular complexity index is 1090. The number of sulfonamides is 1. The van der Waals surface area contributed by atoms with Gasteiger partial charge in [-0.05, 0) is 31.4 Å². The van der Waals surface area contributed by atoms with Gasteiger partial charge in [-0.2, -0.15) is 4.31 Å². The first-order chi connectivity index (χ1) is 14.3. The lowest BCUT2D eigenvalue weighted by Gasteiger charge is -2.30. The minimum Gasteiger partial charge on any atom is -0.373 e. The van der Waals surface area contributed by atoms with Crippen molar-refractivity contribution in [2.24, 2.45) is 0 Å². The lowest BCUT2D eigenvalue weighted by molar-refractivity contribution is -0.129. The topological polar surface area (TPSA) is 95.5 Å². The molecule has 0 saturated carbocycles. The van der Waals surface area contributed by atoms with E-state index < -0.39 is 10.0 Å². The zero-order valence-electron chi connectivity index (χ0n) is 16.9. The second kappa shape index (κ2) is 8.13. The van der Waals surface area contributed by atoms with Gasteiger partial charge in [-0.15, -0.1) is 0 Å². The lowest BCUT2D eigenvalue weighted by Crippen LogP contribution is -2.37. The first-order valence-electron chi connectivity index (χ1n) is 9.92. The van der Waals surface area contributed by atoms with Gasteiger partial charge in [-0.3, -0.25) is 4.79 Å². The summed E-state index contributed by atoms with van der Waals surface area (Å²) >= 11 is 6.15. The molecule has 2 aliphatic heterocycles. The van der Waals surface area contributed by atoms with E-state index in [0.717, 1.165) is 18.4 Å². The molecule has 1 atom stereocenters. The van der Waals surface area contributed by atoms with E-state index in [1.807, 2.05) is 0 Å². The van der Waals surface area contributed by atoms with Crippen molar-refractivity contribution in [1.29, 1.82) is 0 Å². The second-order valence-corrected chi connectivity index (χ2v) is 9.81. The maximum absolute atomic E-state index is 13.2. The highest BCUT2D eigenvalue weighted by Gasteiger charge is 2.35. The van der Waals surface area contributed by atoms with Crippen molar-refractivity contribution in [3.63, 3.8) is 0 Å². The average Bonchev–Trinajstić information content (AvgIpc) is 3.23. The van der Waals surface area contributed by atoms with E-state index in [1.54, 1.807) is 37.1 Å². The molecule has 3 heterocycles. The highest BCUT2D eigenvalue weighted by Crippen LogP contribution is 2.34. The van der Waals surface area contributed by atoms with Crippen LogP contribution in [0.15, 0.2) is 29.2 Å². The van der Waals surface area contributed by atoms with Crippen molar-refractivity contribution < 1.29 is 13.2 Å². The predicted octanol–water partition coefficient (Wildman–Crippen LogP) is 2.60. The molecule has 2 aliphatic rings. The molecule has 30 heavy (non-hydrogen) atoms. The summed E-state index contributed by atoms with van der Waals surface area (Å²) in [4.78, 5) is 23.3. The third kappa shape index (κ3) is 3.66. The molecule has 1 aromatic heterocycles. The molecule has 0 unspecified atom stereocenters. The first-order valence-corrected chi connectivity index (χ1v) is 11.7. The molecule has 8 nitrogen and oxygen atoms in total. The van der Waals surface area contributed by atoms with Crippen LogP contribution in [-0.4, -0.2) is 53.6 Å². The standard InChI is InChI=1S/C20H24ClN5O3S/c1-13(27)26-10-5-7-17(26)20-23-16-12-25(11-9-14(16)19(22-2)24-20)30(28,29)18-8-4-3-6-15(18)21/h3-4,6,8,17H,5,7,9-12H2,1-2H3,(H,22,23,24)/t17-/m0/s1. The van der Waals surface area contributed by atoms with Crippen LogP contribution in [0, 0.1) is 0 Å². The number of amides is 1. The summed E-state index contributed by atoms with van der Waals surface area (Å²) in [6.45, 7) is 2.69. The van der Waals surface area contributed by atoms with Crippen molar-refractivity contribution in [3.8, 4) is 0 Å². The molecule has 1 fully saturated rings.